The normalized spacial score (nSPS) is 19.8. The summed E-state index contributed by atoms with van der Waals surface area (Å²) in [7, 11) is 0. The van der Waals surface area contributed by atoms with Gasteiger partial charge in [0.25, 0.3) is 0 Å². The van der Waals surface area contributed by atoms with E-state index in [0.717, 1.165) is 36.6 Å². The molecule has 0 radical (unpaired) electrons. The van der Waals surface area contributed by atoms with E-state index in [9.17, 15) is 0 Å². The van der Waals surface area contributed by atoms with E-state index in [2.05, 4.69) is 16.4 Å². The predicted octanol–water partition coefficient (Wildman–Crippen LogP) is 2.12. The molecule has 0 atom stereocenters. The van der Waals surface area contributed by atoms with Crippen molar-refractivity contribution in [2.75, 3.05) is 6.61 Å². The molecule has 0 spiro atoms. The molecule has 86 valence electrons. The molecule has 3 heteroatoms. The van der Waals surface area contributed by atoms with E-state index in [-0.39, 0.29) is 0 Å². The van der Waals surface area contributed by atoms with Crippen molar-refractivity contribution in [3.63, 3.8) is 0 Å². The zero-order valence-electron chi connectivity index (χ0n) is 9.48. The minimum Gasteiger partial charge on any atom is -0.492 e. The molecule has 0 bridgehead atoms. The summed E-state index contributed by atoms with van der Waals surface area (Å²) in [4.78, 5) is 4.39. The molecule has 0 amide bonds. The Hall–Kier alpha value is -1.09. The maximum atomic E-state index is 5.64. The van der Waals surface area contributed by atoms with Crippen LogP contribution in [0.25, 0.3) is 0 Å². The lowest BCUT2D eigenvalue weighted by atomic mass is 10.3. The average Bonchev–Trinajstić information content (AvgIpc) is 3.17. The Morgan fingerprint density at radius 1 is 1.25 bits per heavy atom. The summed E-state index contributed by atoms with van der Waals surface area (Å²) in [5.74, 6) is 1.71. The lowest BCUT2D eigenvalue weighted by molar-refractivity contribution is 0.298. The molecule has 2 aliphatic rings. The maximum Gasteiger partial charge on any atom is 0.137 e. The van der Waals surface area contributed by atoms with Crippen molar-refractivity contribution in [2.24, 2.45) is 5.92 Å². The van der Waals surface area contributed by atoms with E-state index in [1.54, 1.807) is 0 Å². The summed E-state index contributed by atoms with van der Waals surface area (Å²) in [6.07, 6.45) is 7.14. The number of rotatable bonds is 6. The van der Waals surface area contributed by atoms with Crippen LogP contribution in [0.4, 0.5) is 0 Å². The number of aromatic nitrogens is 1. The molecular weight excluding hydrogens is 200 g/mol. The molecule has 0 aliphatic heterocycles. The van der Waals surface area contributed by atoms with Gasteiger partial charge in [0.2, 0.25) is 0 Å². The molecule has 3 rings (SSSR count). The molecule has 2 fully saturated rings. The number of hydrogen-bond acceptors (Lipinski definition) is 3. The molecule has 16 heavy (non-hydrogen) atoms. The second kappa shape index (κ2) is 4.42. The van der Waals surface area contributed by atoms with E-state index in [1.165, 1.54) is 25.7 Å². The zero-order chi connectivity index (χ0) is 10.8. The van der Waals surface area contributed by atoms with Crippen molar-refractivity contribution in [1.82, 2.24) is 10.3 Å². The second-order valence-corrected chi connectivity index (χ2v) is 4.89. The van der Waals surface area contributed by atoms with Gasteiger partial charge in [-0.05, 0) is 43.7 Å². The Bertz CT molecular complexity index is 306. The summed E-state index contributed by atoms with van der Waals surface area (Å²) >= 11 is 0. The van der Waals surface area contributed by atoms with Crippen LogP contribution < -0.4 is 10.1 Å². The molecule has 1 aromatic rings. The summed E-state index contributed by atoms with van der Waals surface area (Å²) < 4.78 is 5.64. The summed E-state index contributed by atoms with van der Waals surface area (Å²) in [6.45, 7) is 1.74. The van der Waals surface area contributed by atoms with Crippen molar-refractivity contribution >= 4 is 0 Å². The first kappa shape index (κ1) is 10.1. The Labute approximate surface area is 96.2 Å². The fourth-order valence-corrected chi connectivity index (χ4v) is 1.64. The van der Waals surface area contributed by atoms with Crippen molar-refractivity contribution in [3.8, 4) is 5.75 Å². The molecule has 2 aliphatic carbocycles. The third kappa shape index (κ3) is 2.95. The van der Waals surface area contributed by atoms with Crippen LogP contribution in [0, 0.1) is 5.92 Å². The quantitative estimate of drug-likeness (QED) is 0.794. The highest BCUT2D eigenvalue weighted by atomic mass is 16.5. The maximum absolute atomic E-state index is 5.64. The third-order valence-electron chi connectivity index (χ3n) is 3.13. The van der Waals surface area contributed by atoms with Gasteiger partial charge in [0.15, 0.2) is 0 Å². The van der Waals surface area contributed by atoms with Crippen molar-refractivity contribution < 1.29 is 4.74 Å². The Morgan fingerprint density at radius 3 is 2.75 bits per heavy atom. The van der Waals surface area contributed by atoms with E-state index < -0.39 is 0 Å². The van der Waals surface area contributed by atoms with Gasteiger partial charge in [0.1, 0.15) is 5.75 Å². The van der Waals surface area contributed by atoms with Crippen LogP contribution in [0.3, 0.4) is 0 Å². The van der Waals surface area contributed by atoms with Crippen LogP contribution in [-0.4, -0.2) is 17.6 Å². The standard InChI is InChI=1S/C13H18N2O/c1-2-10(1)9-16-13-6-5-12(15-8-13)7-14-11-3-4-11/h5-6,8,10-11,14H,1-4,7,9H2. The van der Waals surface area contributed by atoms with Gasteiger partial charge in [-0.1, -0.05) is 0 Å². The smallest absolute Gasteiger partial charge is 0.137 e. The van der Waals surface area contributed by atoms with Crippen LogP contribution in [-0.2, 0) is 6.54 Å². The van der Waals surface area contributed by atoms with Crippen molar-refractivity contribution in [2.45, 2.75) is 38.3 Å². The summed E-state index contributed by atoms with van der Waals surface area (Å²) in [6, 6.07) is 4.82. The Balaban J connectivity index is 1.47. The minimum atomic E-state index is 0.743. The molecular formula is C13H18N2O. The van der Waals surface area contributed by atoms with Gasteiger partial charge in [-0.2, -0.15) is 0 Å². The minimum absolute atomic E-state index is 0.743. The number of nitrogens with zero attached hydrogens (tertiary/aromatic N) is 1. The first-order valence-electron chi connectivity index (χ1n) is 6.21. The van der Waals surface area contributed by atoms with Gasteiger partial charge in [-0.3, -0.25) is 4.98 Å². The first-order chi connectivity index (χ1) is 7.90. The van der Waals surface area contributed by atoms with Gasteiger partial charge < -0.3 is 10.1 Å². The van der Waals surface area contributed by atoms with E-state index in [0.29, 0.717) is 0 Å². The molecule has 0 saturated heterocycles. The third-order valence-corrected chi connectivity index (χ3v) is 3.13. The van der Waals surface area contributed by atoms with E-state index in [1.807, 2.05) is 12.3 Å². The van der Waals surface area contributed by atoms with E-state index in [4.69, 9.17) is 4.74 Å². The monoisotopic (exact) mass is 218 g/mol. The summed E-state index contributed by atoms with van der Waals surface area (Å²) in [5.41, 5.74) is 1.10. The Morgan fingerprint density at radius 2 is 2.12 bits per heavy atom. The molecule has 0 aromatic carbocycles. The van der Waals surface area contributed by atoms with Crippen LogP contribution >= 0.6 is 0 Å². The second-order valence-electron chi connectivity index (χ2n) is 4.89. The topological polar surface area (TPSA) is 34.2 Å². The SMILES string of the molecule is c1cc(CNC2CC2)ncc1OCC1CC1. The van der Waals surface area contributed by atoms with Crippen LogP contribution in [0.5, 0.6) is 5.75 Å². The van der Waals surface area contributed by atoms with E-state index >= 15 is 0 Å². The van der Waals surface area contributed by atoms with Gasteiger partial charge in [0.05, 0.1) is 18.5 Å². The largest absolute Gasteiger partial charge is 0.492 e. The number of ether oxygens (including phenoxy) is 1. The number of nitrogens with one attached hydrogen (secondary N) is 1. The first-order valence-corrected chi connectivity index (χ1v) is 6.21. The van der Waals surface area contributed by atoms with Gasteiger partial charge in [0, 0.05) is 12.6 Å². The molecule has 3 nitrogen and oxygen atoms in total. The Kier molecular flexibility index (Phi) is 2.79. The predicted molar refractivity (Wildman–Crippen MR) is 62.3 cm³/mol. The number of pyridine rings is 1. The lowest BCUT2D eigenvalue weighted by Crippen LogP contribution is -2.16. The molecule has 1 heterocycles. The highest BCUT2D eigenvalue weighted by Crippen LogP contribution is 2.29. The fourth-order valence-electron chi connectivity index (χ4n) is 1.64. The van der Waals surface area contributed by atoms with Crippen LogP contribution in [0.15, 0.2) is 18.3 Å². The molecule has 2 saturated carbocycles. The fraction of sp³-hybridized carbons (Fsp3) is 0.615. The van der Waals surface area contributed by atoms with Gasteiger partial charge >= 0.3 is 0 Å². The van der Waals surface area contributed by atoms with Crippen LogP contribution in [0.2, 0.25) is 0 Å². The highest BCUT2D eigenvalue weighted by Gasteiger charge is 2.22. The van der Waals surface area contributed by atoms with Crippen LogP contribution in [0.1, 0.15) is 31.4 Å². The van der Waals surface area contributed by atoms with Crippen molar-refractivity contribution in [1.29, 1.82) is 0 Å². The summed E-state index contributed by atoms with van der Waals surface area (Å²) in [5, 5.41) is 3.45. The zero-order valence-corrected chi connectivity index (χ0v) is 9.48. The lowest BCUT2D eigenvalue weighted by Gasteiger charge is -2.06. The van der Waals surface area contributed by atoms with Gasteiger partial charge in [-0.15, -0.1) is 0 Å². The number of hydrogen-bond donors (Lipinski definition) is 1. The van der Waals surface area contributed by atoms with Gasteiger partial charge in [-0.25, -0.2) is 0 Å². The molecule has 1 aromatic heterocycles. The average molecular weight is 218 g/mol. The highest BCUT2D eigenvalue weighted by molar-refractivity contribution is 5.20. The van der Waals surface area contributed by atoms with Crippen molar-refractivity contribution in [3.05, 3.63) is 24.0 Å². The molecule has 1 N–H and O–H groups in total. The molecule has 0 unspecified atom stereocenters.